The van der Waals surface area contributed by atoms with Crippen molar-refractivity contribution in [3.8, 4) is 5.75 Å². The van der Waals surface area contributed by atoms with Crippen LogP contribution in [-0.4, -0.2) is 49.5 Å². The molecule has 0 heterocycles. The molecule has 5 heteroatoms. The van der Waals surface area contributed by atoms with Crippen LogP contribution in [0.4, 0.5) is 0 Å². The van der Waals surface area contributed by atoms with Crippen molar-refractivity contribution < 1.29 is 9.53 Å². The van der Waals surface area contributed by atoms with Crippen molar-refractivity contribution in [3.05, 3.63) is 64.7 Å². The fourth-order valence-corrected chi connectivity index (χ4v) is 2.58. The average molecular weight is 361 g/mol. The zero-order valence-electron chi connectivity index (χ0n) is 15.0. The van der Waals surface area contributed by atoms with Crippen molar-refractivity contribution in [1.82, 2.24) is 9.80 Å². The molecule has 0 spiro atoms. The number of likely N-dealkylation sites (N-methyl/N-ethyl adjacent to an activating group) is 1. The van der Waals surface area contributed by atoms with Crippen molar-refractivity contribution in [2.75, 3.05) is 33.8 Å². The highest BCUT2D eigenvalue weighted by atomic mass is 35.5. The number of carbonyl (C=O) groups is 1. The number of benzene rings is 2. The third-order valence-corrected chi connectivity index (χ3v) is 4.04. The minimum absolute atomic E-state index is 0.00152. The zero-order valence-corrected chi connectivity index (χ0v) is 15.8. The van der Waals surface area contributed by atoms with Gasteiger partial charge in [0, 0.05) is 30.2 Å². The topological polar surface area (TPSA) is 32.8 Å². The molecule has 0 bridgehead atoms. The quantitative estimate of drug-likeness (QED) is 0.714. The van der Waals surface area contributed by atoms with E-state index in [2.05, 4.69) is 4.90 Å². The van der Waals surface area contributed by atoms with Gasteiger partial charge >= 0.3 is 0 Å². The van der Waals surface area contributed by atoms with Gasteiger partial charge in [0.25, 0.3) is 5.91 Å². The van der Waals surface area contributed by atoms with E-state index in [1.165, 1.54) is 0 Å². The summed E-state index contributed by atoms with van der Waals surface area (Å²) in [5.41, 5.74) is 1.69. The Balaban J connectivity index is 2.19. The molecular formula is C20H25ClN2O2. The van der Waals surface area contributed by atoms with E-state index in [4.69, 9.17) is 16.3 Å². The molecule has 0 saturated carbocycles. The Morgan fingerprint density at radius 3 is 2.44 bits per heavy atom. The Morgan fingerprint density at radius 1 is 1.08 bits per heavy atom. The molecule has 25 heavy (non-hydrogen) atoms. The van der Waals surface area contributed by atoms with E-state index in [1.54, 1.807) is 6.07 Å². The van der Waals surface area contributed by atoms with Crippen molar-refractivity contribution >= 4 is 17.5 Å². The Morgan fingerprint density at radius 2 is 1.80 bits per heavy atom. The van der Waals surface area contributed by atoms with E-state index in [0.29, 0.717) is 36.0 Å². The normalized spacial score (nSPS) is 10.8. The number of ether oxygens (including phenoxy) is 1. The molecule has 0 aromatic heterocycles. The van der Waals surface area contributed by atoms with E-state index in [0.717, 1.165) is 12.1 Å². The van der Waals surface area contributed by atoms with Gasteiger partial charge in [-0.2, -0.15) is 0 Å². The second-order valence-electron chi connectivity index (χ2n) is 6.12. The van der Waals surface area contributed by atoms with Gasteiger partial charge in [0.05, 0.1) is 6.61 Å². The third-order valence-electron chi connectivity index (χ3n) is 3.78. The number of hydrogen-bond donors (Lipinski definition) is 0. The van der Waals surface area contributed by atoms with Crippen LogP contribution in [0.3, 0.4) is 0 Å². The first-order valence-corrected chi connectivity index (χ1v) is 8.78. The summed E-state index contributed by atoms with van der Waals surface area (Å²) < 4.78 is 5.51. The van der Waals surface area contributed by atoms with Gasteiger partial charge in [0.2, 0.25) is 0 Å². The molecule has 2 aromatic carbocycles. The van der Waals surface area contributed by atoms with Crippen LogP contribution in [0.1, 0.15) is 22.8 Å². The predicted octanol–water partition coefficient (Wildman–Crippen LogP) is 3.94. The van der Waals surface area contributed by atoms with E-state index >= 15 is 0 Å². The fraction of sp³-hybridized carbons (Fsp3) is 0.350. The summed E-state index contributed by atoms with van der Waals surface area (Å²) in [4.78, 5) is 16.9. The van der Waals surface area contributed by atoms with E-state index in [9.17, 15) is 4.79 Å². The monoisotopic (exact) mass is 360 g/mol. The molecule has 0 atom stereocenters. The number of hydrogen-bond acceptors (Lipinski definition) is 3. The van der Waals surface area contributed by atoms with Crippen molar-refractivity contribution in [2.24, 2.45) is 0 Å². The van der Waals surface area contributed by atoms with Gasteiger partial charge in [-0.25, -0.2) is 0 Å². The van der Waals surface area contributed by atoms with Gasteiger partial charge in [0.1, 0.15) is 5.75 Å². The Bertz CT molecular complexity index is 686. The molecule has 0 N–H and O–H groups in total. The predicted molar refractivity (Wildman–Crippen MR) is 102 cm³/mol. The first-order valence-electron chi connectivity index (χ1n) is 8.41. The minimum Gasteiger partial charge on any atom is -0.494 e. The van der Waals surface area contributed by atoms with Crippen molar-refractivity contribution in [3.63, 3.8) is 0 Å². The number of amides is 1. The van der Waals surface area contributed by atoms with Gasteiger partial charge in [-0.15, -0.1) is 0 Å². The van der Waals surface area contributed by atoms with Crippen LogP contribution < -0.4 is 4.74 Å². The number of carbonyl (C=O) groups excluding carboxylic acids is 1. The van der Waals surface area contributed by atoms with Crippen LogP contribution in [0.25, 0.3) is 0 Å². The van der Waals surface area contributed by atoms with Crippen LogP contribution in [0.15, 0.2) is 48.5 Å². The van der Waals surface area contributed by atoms with E-state index in [-0.39, 0.29) is 5.91 Å². The summed E-state index contributed by atoms with van der Waals surface area (Å²) in [6, 6.07) is 15.0. The van der Waals surface area contributed by atoms with E-state index in [1.807, 2.05) is 68.4 Å². The van der Waals surface area contributed by atoms with Gasteiger partial charge in [0.15, 0.2) is 0 Å². The summed E-state index contributed by atoms with van der Waals surface area (Å²) in [5, 5.41) is 0.694. The molecule has 2 rings (SSSR count). The summed E-state index contributed by atoms with van der Waals surface area (Å²) in [6.45, 7) is 4.49. The van der Waals surface area contributed by atoms with Gasteiger partial charge in [-0.05, 0) is 56.9 Å². The maximum Gasteiger partial charge on any atom is 0.254 e. The lowest BCUT2D eigenvalue weighted by atomic mass is 10.1. The van der Waals surface area contributed by atoms with Crippen LogP contribution in [0.2, 0.25) is 5.02 Å². The van der Waals surface area contributed by atoms with Crippen LogP contribution in [0.5, 0.6) is 5.75 Å². The van der Waals surface area contributed by atoms with Crippen LogP contribution in [-0.2, 0) is 6.54 Å². The molecular weight excluding hydrogens is 336 g/mol. The highest BCUT2D eigenvalue weighted by molar-refractivity contribution is 6.30. The maximum absolute atomic E-state index is 13.0. The largest absolute Gasteiger partial charge is 0.494 e. The number of halogens is 1. The first-order chi connectivity index (χ1) is 12.0. The highest BCUT2D eigenvalue weighted by Crippen LogP contribution is 2.17. The third kappa shape index (κ3) is 6.07. The van der Waals surface area contributed by atoms with Crippen LogP contribution in [0, 0.1) is 0 Å². The SMILES string of the molecule is CCOc1cccc(C(=O)N(CCN(C)C)Cc2ccc(Cl)cc2)c1. The molecule has 4 nitrogen and oxygen atoms in total. The minimum atomic E-state index is -0.00152. The molecule has 2 aromatic rings. The zero-order chi connectivity index (χ0) is 18.2. The summed E-state index contributed by atoms with van der Waals surface area (Å²) in [5.74, 6) is 0.714. The smallest absolute Gasteiger partial charge is 0.254 e. The van der Waals surface area contributed by atoms with E-state index < -0.39 is 0 Å². The van der Waals surface area contributed by atoms with Crippen molar-refractivity contribution in [1.29, 1.82) is 0 Å². The fourth-order valence-electron chi connectivity index (χ4n) is 2.45. The Kier molecular flexibility index (Phi) is 7.29. The second-order valence-corrected chi connectivity index (χ2v) is 6.55. The first kappa shape index (κ1) is 19.3. The van der Waals surface area contributed by atoms with Crippen molar-refractivity contribution in [2.45, 2.75) is 13.5 Å². The standard InChI is InChI=1S/C20H25ClN2O2/c1-4-25-19-7-5-6-17(14-19)20(24)23(13-12-22(2)3)15-16-8-10-18(21)11-9-16/h5-11,14H,4,12-13,15H2,1-3H3. The lowest BCUT2D eigenvalue weighted by molar-refractivity contribution is 0.0731. The molecule has 1 amide bonds. The van der Waals surface area contributed by atoms with Gasteiger partial charge in [-0.3, -0.25) is 4.79 Å². The number of nitrogens with zero attached hydrogens (tertiary/aromatic N) is 2. The summed E-state index contributed by atoms with van der Waals surface area (Å²) in [7, 11) is 4.00. The maximum atomic E-state index is 13.0. The summed E-state index contributed by atoms with van der Waals surface area (Å²) in [6.07, 6.45) is 0. The van der Waals surface area contributed by atoms with Gasteiger partial charge < -0.3 is 14.5 Å². The number of rotatable bonds is 8. The highest BCUT2D eigenvalue weighted by Gasteiger charge is 2.17. The molecule has 0 aliphatic heterocycles. The molecule has 0 fully saturated rings. The molecule has 0 aliphatic rings. The second kappa shape index (κ2) is 9.44. The molecule has 0 radical (unpaired) electrons. The summed E-state index contributed by atoms with van der Waals surface area (Å²) >= 11 is 5.96. The molecule has 0 unspecified atom stereocenters. The molecule has 0 saturated heterocycles. The molecule has 0 aliphatic carbocycles. The molecule has 134 valence electrons. The lowest BCUT2D eigenvalue weighted by Gasteiger charge is -2.25. The Labute approximate surface area is 155 Å². The lowest BCUT2D eigenvalue weighted by Crippen LogP contribution is -2.36. The Hall–Kier alpha value is -2.04. The van der Waals surface area contributed by atoms with Crippen LogP contribution >= 0.6 is 11.6 Å². The average Bonchev–Trinajstić information content (AvgIpc) is 2.60. The van der Waals surface area contributed by atoms with Gasteiger partial charge in [-0.1, -0.05) is 29.8 Å².